The number of fused-ring (bicyclic) bond motifs is 1. The van der Waals surface area contributed by atoms with Crippen molar-refractivity contribution >= 4 is 33.5 Å². The number of amides is 2. The highest BCUT2D eigenvalue weighted by molar-refractivity contribution is 7.92. The molecule has 0 radical (unpaired) electrons. The predicted molar refractivity (Wildman–Crippen MR) is 72.5 cm³/mol. The summed E-state index contributed by atoms with van der Waals surface area (Å²) in [6, 6.07) is 3.99. The molecular formula is C12H12N2O6S. The lowest BCUT2D eigenvalue weighted by Gasteiger charge is -2.08. The maximum Gasteiger partial charge on any atom is 0.303 e. The Bertz CT molecular complexity index is 725. The molecule has 1 aliphatic rings. The number of anilines is 1. The van der Waals surface area contributed by atoms with E-state index in [1.165, 1.54) is 18.2 Å². The lowest BCUT2D eigenvalue weighted by atomic mass is 10.1. The van der Waals surface area contributed by atoms with Crippen molar-refractivity contribution in [1.82, 2.24) is 5.32 Å². The van der Waals surface area contributed by atoms with Crippen LogP contribution < -0.4 is 10.0 Å². The standard InChI is InChI=1S/C12H12N2O6S/c15-10(16)2-1-5-21(19,20)14-7-3-4-8-9(6-7)12(18)13-11(8)17/h3-4,6,14H,1-2,5H2,(H,15,16)(H,13,17,18). The van der Waals surface area contributed by atoms with Crippen LogP contribution in [0.4, 0.5) is 5.69 Å². The first-order valence-electron chi connectivity index (χ1n) is 6.00. The van der Waals surface area contributed by atoms with Crippen molar-refractivity contribution in [2.75, 3.05) is 10.5 Å². The van der Waals surface area contributed by atoms with Crippen molar-refractivity contribution in [3.8, 4) is 0 Å². The Morgan fingerprint density at radius 3 is 2.52 bits per heavy atom. The zero-order chi connectivity index (χ0) is 15.6. The van der Waals surface area contributed by atoms with Crippen LogP contribution in [0, 0.1) is 0 Å². The van der Waals surface area contributed by atoms with Crippen molar-refractivity contribution in [3.63, 3.8) is 0 Å². The molecule has 1 aromatic rings. The van der Waals surface area contributed by atoms with E-state index in [4.69, 9.17) is 5.11 Å². The molecule has 0 spiro atoms. The third-order valence-electron chi connectivity index (χ3n) is 2.81. The van der Waals surface area contributed by atoms with E-state index < -0.39 is 27.8 Å². The average molecular weight is 312 g/mol. The molecule has 112 valence electrons. The number of carbonyl (C=O) groups excluding carboxylic acids is 2. The number of aliphatic carboxylic acids is 1. The van der Waals surface area contributed by atoms with Crippen molar-refractivity contribution in [1.29, 1.82) is 0 Å². The normalized spacial score (nSPS) is 13.7. The van der Waals surface area contributed by atoms with E-state index in [2.05, 4.69) is 10.0 Å². The van der Waals surface area contributed by atoms with Gasteiger partial charge in [-0.15, -0.1) is 0 Å². The van der Waals surface area contributed by atoms with E-state index in [1.54, 1.807) is 0 Å². The molecule has 9 heteroatoms. The number of carboxylic acid groups (broad SMARTS) is 1. The molecule has 0 atom stereocenters. The number of nitrogens with one attached hydrogen (secondary N) is 2. The number of imide groups is 1. The third-order valence-corrected chi connectivity index (χ3v) is 4.19. The highest BCUT2D eigenvalue weighted by atomic mass is 32.2. The van der Waals surface area contributed by atoms with Gasteiger partial charge in [-0.3, -0.25) is 24.4 Å². The molecule has 3 N–H and O–H groups in total. The van der Waals surface area contributed by atoms with Crippen LogP contribution in [0.2, 0.25) is 0 Å². The minimum Gasteiger partial charge on any atom is -0.481 e. The van der Waals surface area contributed by atoms with E-state index in [-0.39, 0.29) is 35.4 Å². The first kappa shape index (κ1) is 15.0. The maximum atomic E-state index is 11.8. The summed E-state index contributed by atoms with van der Waals surface area (Å²) < 4.78 is 25.8. The van der Waals surface area contributed by atoms with Crippen LogP contribution in [0.25, 0.3) is 0 Å². The fourth-order valence-corrected chi connectivity index (χ4v) is 2.99. The van der Waals surface area contributed by atoms with Crippen LogP contribution >= 0.6 is 0 Å². The molecule has 1 aromatic carbocycles. The van der Waals surface area contributed by atoms with Gasteiger partial charge in [-0.1, -0.05) is 0 Å². The molecule has 1 aliphatic heterocycles. The van der Waals surface area contributed by atoms with Crippen molar-refractivity contribution < 1.29 is 27.9 Å². The second-order valence-electron chi connectivity index (χ2n) is 4.46. The fourth-order valence-electron chi connectivity index (χ4n) is 1.88. The minimum atomic E-state index is -3.71. The van der Waals surface area contributed by atoms with Gasteiger partial charge in [0.25, 0.3) is 11.8 Å². The van der Waals surface area contributed by atoms with Crippen LogP contribution in [0.3, 0.4) is 0 Å². The van der Waals surface area contributed by atoms with Crippen LogP contribution in [-0.2, 0) is 14.8 Å². The van der Waals surface area contributed by atoms with Crippen LogP contribution in [0.1, 0.15) is 33.6 Å². The molecular weight excluding hydrogens is 300 g/mol. The first-order valence-corrected chi connectivity index (χ1v) is 7.66. The second-order valence-corrected chi connectivity index (χ2v) is 6.30. The van der Waals surface area contributed by atoms with E-state index in [0.29, 0.717) is 0 Å². The number of carboxylic acids is 1. The highest BCUT2D eigenvalue weighted by Gasteiger charge is 2.27. The van der Waals surface area contributed by atoms with Gasteiger partial charge in [0.2, 0.25) is 10.0 Å². The molecule has 0 aliphatic carbocycles. The van der Waals surface area contributed by atoms with Gasteiger partial charge in [0.15, 0.2) is 0 Å². The number of sulfonamides is 1. The molecule has 0 saturated heterocycles. The third kappa shape index (κ3) is 3.57. The lowest BCUT2D eigenvalue weighted by molar-refractivity contribution is -0.137. The molecule has 1 heterocycles. The topological polar surface area (TPSA) is 130 Å². The Balaban J connectivity index is 2.10. The van der Waals surface area contributed by atoms with Gasteiger partial charge in [0, 0.05) is 12.1 Å². The summed E-state index contributed by atoms with van der Waals surface area (Å²) in [4.78, 5) is 33.2. The Morgan fingerprint density at radius 1 is 1.19 bits per heavy atom. The number of rotatable bonds is 6. The van der Waals surface area contributed by atoms with Crippen molar-refractivity contribution in [2.45, 2.75) is 12.8 Å². The molecule has 0 saturated carbocycles. The molecule has 21 heavy (non-hydrogen) atoms. The molecule has 2 amide bonds. The van der Waals surface area contributed by atoms with Crippen molar-refractivity contribution in [3.05, 3.63) is 29.3 Å². The number of hydrogen-bond donors (Lipinski definition) is 3. The SMILES string of the molecule is O=C(O)CCCS(=O)(=O)Nc1ccc2c(c1)C(=O)NC2=O. The molecule has 0 bridgehead atoms. The predicted octanol–water partition coefficient (Wildman–Crippen LogP) is 0.177. The van der Waals surface area contributed by atoms with Gasteiger partial charge >= 0.3 is 5.97 Å². The first-order chi connectivity index (χ1) is 9.78. The summed E-state index contributed by atoms with van der Waals surface area (Å²) in [5.74, 6) is -2.52. The van der Waals surface area contributed by atoms with Crippen LogP contribution in [-0.4, -0.2) is 37.1 Å². The molecule has 2 rings (SSSR count). The van der Waals surface area contributed by atoms with E-state index in [0.717, 1.165) is 0 Å². The van der Waals surface area contributed by atoms with E-state index in [1.807, 2.05) is 0 Å². The zero-order valence-corrected chi connectivity index (χ0v) is 11.6. The fraction of sp³-hybridized carbons (Fsp3) is 0.250. The molecule has 0 fully saturated rings. The number of hydrogen-bond acceptors (Lipinski definition) is 5. The largest absolute Gasteiger partial charge is 0.481 e. The van der Waals surface area contributed by atoms with Gasteiger partial charge in [-0.25, -0.2) is 8.42 Å². The Labute approximate surface area is 120 Å². The van der Waals surface area contributed by atoms with Gasteiger partial charge in [-0.2, -0.15) is 0 Å². The number of carbonyl (C=O) groups is 3. The van der Waals surface area contributed by atoms with Gasteiger partial charge in [-0.05, 0) is 24.6 Å². The smallest absolute Gasteiger partial charge is 0.303 e. The Hall–Kier alpha value is -2.42. The average Bonchev–Trinajstić information content (AvgIpc) is 2.63. The summed E-state index contributed by atoms with van der Waals surface area (Å²) in [6.45, 7) is 0. The van der Waals surface area contributed by atoms with E-state index >= 15 is 0 Å². The highest BCUT2D eigenvalue weighted by Crippen LogP contribution is 2.21. The van der Waals surface area contributed by atoms with Crippen molar-refractivity contribution in [2.24, 2.45) is 0 Å². The summed E-state index contributed by atoms with van der Waals surface area (Å²) in [5, 5.41) is 10.6. The summed E-state index contributed by atoms with van der Waals surface area (Å²) in [5.41, 5.74) is 0.438. The zero-order valence-electron chi connectivity index (χ0n) is 10.8. The summed E-state index contributed by atoms with van der Waals surface area (Å²) in [6.07, 6.45) is -0.267. The number of benzene rings is 1. The van der Waals surface area contributed by atoms with Gasteiger partial charge < -0.3 is 5.11 Å². The second kappa shape index (κ2) is 5.52. The lowest BCUT2D eigenvalue weighted by Crippen LogP contribution is -2.20. The summed E-state index contributed by atoms with van der Waals surface area (Å²) in [7, 11) is -3.71. The maximum absolute atomic E-state index is 11.8. The molecule has 0 aromatic heterocycles. The van der Waals surface area contributed by atoms with Crippen LogP contribution in [0.15, 0.2) is 18.2 Å². The van der Waals surface area contributed by atoms with E-state index in [9.17, 15) is 22.8 Å². The Morgan fingerprint density at radius 2 is 1.86 bits per heavy atom. The molecule has 0 unspecified atom stereocenters. The summed E-state index contributed by atoms with van der Waals surface area (Å²) >= 11 is 0. The monoisotopic (exact) mass is 312 g/mol. The minimum absolute atomic E-state index is 0.0193. The quantitative estimate of drug-likeness (QED) is 0.642. The molecule has 8 nitrogen and oxygen atoms in total. The van der Waals surface area contributed by atoms with Crippen LogP contribution in [0.5, 0.6) is 0 Å². The Kier molecular flexibility index (Phi) is 3.94. The van der Waals surface area contributed by atoms with Gasteiger partial charge in [0.1, 0.15) is 0 Å². The van der Waals surface area contributed by atoms with Gasteiger partial charge in [0.05, 0.1) is 16.9 Å².